The molecule has 12 heteroatoms. The van der Waals surface area contributed by atoms with Crippen LogP contribution in [-0.4, -0.2) is 115 Å². The van der Waals surface area contributed by atoms with E-state index in [1.807, 2.05) is 6.92 Å². The Bertz CT molecular complexity index is 618. The van der Waals surface area contributed by atoms with E-state index in [0.29, 0.717) is 25.9 Å². The van der Waals surface area contributed by atoms with Gasteiger partial charge in [0.15, 0.2) is 12.6 Å². The van der Waals surface area contributed by atoms with Crippen molar-refractivity contribution in [2.24, 2.45) is 17.2 Å². The smallest absolute Gasteiger partial charge is 0.185 e. The van der Waals surface area contributed by atoms with Gasteiger partial charge in [-0.25, -0.2) is 0 Å². The number of aliphatic hydroxyl groups excluding tert-OH is 2. The molecule has 1 saturated carbocycles. The van der Waals surface area contributed by atoms with E-state index in [9.17, 15) is 15.3 Å². The van der Waals surface area contributed by atoms with E-state index in [0.717, 1.165) is 6.42 Å². The van der Waals surface area contributed by atoms with Crippen LogP contribution in [-0.2, 0) is 18.9 Å². The van der Waals surface area contributed by atoms with Gasteiger partial charge in [0.1, 0.15) is 30.0 Å². The zero-order valence-electron chi connectivity index (χ0n) is 19.8. The zero-order valence-corrected chi connectivity index (χ0v) is 19.8. The van der Waals surface area contributed by atoms with Crippen LogP contribution in [0.1, 0.15) is 33.1 Å². The van der Waals surface area contributed by atoms with Gasteiger partial charge in [-0.05, 0) is 39.8 Å². The molecule has 12 nitrogen and oxygen atoms in total. The van der Waals surface area contributed by atoms with Gasteiger partial charge < -0.3 is 62.1 Å². The molecule has 3 fully saturated rings. The van der Waals surface area contributed by atoms with Gasteiger partial charge in [0.25, 0.3) is 0 Å². The number of hydrogen-bond donors (Lipinski definition) is 8. The van der Waals surface area contributed by atoms with E-state index >= 15 is 0 Å². The summed E-state index contributed by atoms with van der Waals surface area (Å²) < 4.78 is 23.7. The molecule has 11 N–H and O–H groups in total. The molecular weight excluding hydrogens is 434 g/mol. The summed E-state index contributed by atoms with van der Waals surface area (Å²) in [6.45, 7) is 4.47. The number of ether oxygens (including phenoxy) is 4. The van der Waals surface area contributed by atoms with Gasteiger partial charge in [0.05, 0.1) is 24.8 Å². The second-order valence-corrected chi connectivity index (χ2v) is 9.65. The molecule has 0 aromatic carbocycles. The maximum absolute atomic E-state index is 11.3. The first-order chi connectivity index (χ1) is 15.6. The third-order valence-corrected chi connectivity index (χ3v) is 6.97. The third-order valence-electron chi connectivity index (χ3n) is 6.97. The number of nitrogens with one attached hydrogen (secondary N) is 2. The predicted octanol–water partition coefficient (Wildman–Crippen LogP) is -3.33. The van der Waals surface area contributed by atoms with Gasteiger partial charge in [-0.3, -0.25) is 0 Å². The first-order valence-electron chi connectivity index (χ1n) is 11.9. The second kappa shape index (κ2) is 11.5. The Kier molecular flexibility index (Phi) is 9.45. The minimum Gasteiger partial charge on any atom is -0.388 e. The standard InChI is InChI=1S/C21H43N5O7/c1-4-26-13-7-12(24)16(32-19-11(23)6-5-10(8-22)31-19)14(27)17(13)33-20-15(28)18(25-3)21(2,29)9-30-20/h10-20,25-29H,4-9,22-24H2,1-3H3/t10-,11+,12-,13+,14-,15+,16+,17-,18+,19?,20+,21-/m0/s1. The fourth-order valence-electron chi connectivity index (χ4n) is 5.11. The van der Waals surface area contributed by atoms with Gasteiger partial charge in [0, 0.05) is 18.6 Å². The number of nitrogens with two attached hydrogens (primary N) is 3. The van der Waals surface area contributed by atoms with Crippen molar-refractivity contribution in [1.29, 1.82) is 0 Å². The lowest BCUT2D eigenvalue weighted by Gasteiger charge is -2.49. The lowest BCUT2D eigenvalue weighted by Crippen LogP contribution is -2.69. The van der Waals surface area contributed by atoms with Gasteiger partial charge in [0.2, 0.25) is 0 Å². The van der Waals surface area contributed by atoms with Crippen LogP contribution < -0.4 is 27.8 Å². The van der Waals surface area contributed by atoms with Gasteiger partial charge >= 0.3 is 0 Å². The SMILES string of the molecule is CCN[C@@H]1C[C@H](N)[C@@H](OC2O[C@H](CN)CC[C@H]2N)[C@H](O)[C@H]1O[C@H]1OC[C@](C)(O)[C@H](NC)[C@H]1O. The van der Waals surface area contributed by atoms with Crippen LogP contribution in [0.2, 0.25) is 0 Å². The van der Waals surface area contributed by atoms with Crippen molar-refractivity contribution >= 4 is 0 Å². The molecule has 2 saturated heterocycles. The second-order valence-electron chi connectivity index (χ2n) is 9.65. The van der Waals surface area contributed by atoms with E-state index in [2.05, 4.69) is 10.6 Å². The van der Waals surface area contributed by atoms with E-state index in [1.54, 1.807) is 14.0 Å². The summed E-state index contributed by atoms with van der Waals surface area (Å²) >= 11 is 0. The molecule has 194 valence electrons. The monoisotopic (exact) mass is 477 g/mol. The van der Waals surface area contributed by atoms with Crippen molar-refractivity contribution in [2.75, 3.05) is 26.7 Å². The van der Waals surface area contributed by atoms with Gasteiger partial charge in [-0.15, -0.1) is 0 Å². The summed E-state index contributed by atoms with van der Waals surface area (Å²) in [4.78, 5) is 0. The van der Waals surface area contributed by atoms with E-state index in [1.165, 1.54) is 0 Å². The minimum absolute atomic E-state index is 0.0421. The number of aliphatic hydroxyl groups is 3. The van der Waals surface area contributed by atoms with Crippen LogP contribution in [0, 0.1) is 0 Å². The molecule has 0 amide bonds. The molecule has 0 aromatic rings. The zero-order chi connectivity index (χ0) is 24.3. The number of likely N-dealkylation sites (N-methyl/N-ethyl adjacent to an activating group) is 2. The van der Waals surface area contributed by atoms with Crippen LogP contribution in [0.25, 0.3) is 0 Å². The Hall–Kier alpha value is -0.480. The van der Waals surface area contributed by atoms with Crippen LogP contribution in [0.3, 0.4) is 0 Å². The van der Waals surface area contributed by atoms with Crippen molar-refractivity contribution in [2.45, 2.75) is 106 Å². The fourth-order valence-corrected chi connectivity index (χ4v) is 5.11. The van der Waals surface area contributed by atoms with Gasteiger partial charge in [-0.2, -0.15) is 0 Å². The quantitative estimate of drug-likeness (QED) is 0.173. The van der Waals surface area contributed by atoms with Crippen molar-refractivity contribution in [3.05, 3.63) is 0 Å². The Morgan fingerprint density at radius 1 is 1.06 bits per heavy atom. The van der Waals surface area contributed by atoms with Crippen LogP contribution in [0.15, 0.2) is 0 Å². The Morgan fingerprint density at radius 3 is 2.39 bits per heavy atom. The summed E-state index contributed by atoms with van der Waals surface area (Å²) in [5.74, 6) is 0. The van der Waals surface area contributed by atoms with Crippen LogP contribution in [0.4, 0.5) is 0 Å². The molecule has 0 aromatic heterocycles. The molecule has 2 heterocycles. The molecule has 1 unspecified atom stereocenters. The van der Waals surface area contributed by atoms with E-state index in [-0.39, 0.29) is 24.8 Å². The molecule has 12 atom stereocenters. The Balaban J connectivity index is 1.74. The van der Waals surface area contributed by atoms with Crippen LogP contribution in [0.5, 0.6) is 0 Å². The van der Waals surface area contributed by atoms with Crippen molar-refractivity contribution < 1.29 is 34.3 Å². The fraction of sp³-hybridized carbons (Fsp3) is 1.00. The molecule has 0 bridgehead atoms. The lowest BCUT2D eigenvalue weighted by atomic mass is 9.83. The average molecular weight is 478 g/mol. The highest BCUT2D eigenvalue weighted by molar-refractivity contribution is 5.02. The molecule has 0 spiro atoms. The summed E-state index contributed by atoms with van der Waals surface area (Å²) in [5.41, 5.74) is 17.1. The first kappa shape index (κ1) is 27.1. The summed E-state index contributed by atoms with van der Waals surface area (Å²) in [5, 5.41) is 38.8. The maximum atomic E-state index is 11.3. The molecule has 3 aliphatic rings. The summed E-state index contributed by atoms with van der Waals surface area (Å²) in [6.07, 6.45) is -3.97. The average Bonchev–Trinajstić information content (AvgIpc) is 2.76. The highest BCUT2D eigenvalue weighted by Gasteiger charge is 2.51. The topological polar surface area (TPSA) is 200 Å². The minimum atomic E-state index is -1.28. The number of hydrogen-bond acceptors (Lipinski definition) is 12. The summed E-state index contributed by atoms with van der Waals surface area (Å²) in [6, 6.07) is -1.84. The Morgan fingerprint density at radius 2 is 1.76 bits per heavy atom. The highest BCUT2D eigenvalue weighted by atomic mass is 16.7. The largest absolute Gasteiger partial charge is 0.388 e. The van der Waals surface area contributed by atoms with Crippen molar-refractivity contribution in [3.8, 4) is 0 Å². The van der Waals surface area contributed by atoms with E-state index < -0.39 is 54.7 Å². The lowest BCUT2D eigenvalue weighted by molar-refractivity contribution is -0.308. The maximum Gasteiger partial charge on any atom is 0.185 e. The highest BCUT2D eigenvalue weighted by Crippen LogP contribution is 2.32. The van der Waals surface area contributed by atoms with Gasteiger partial charge in [-0.1, -0.05) is 6.92 Å². The molecule has 1 aliphatic carbocycles. The normalized spacial score (nSPS) is 49.2. The first-order valence-corrected chi connectivity index (χ1v) is 11.9. The molecular formula is C21H43N5O7. The molecule has 2 aliphatic heterocycles. The van der Waals surface area contributed by atoms with Crippen LogP contribution >= 0.6 is 0 Å². The van der Waals surface area contributed by atoms with E-state index in [4.69, 9.17) is 36.1 Å². The molecule has 33 heavy (non-hydrogen) atoms. The predicted molar refractivity (Wildman–Crippen MR) is 120 cm³/mol. The third kappa shape index (κ3) is 6.02. The summed E-state index contributed by atoms with van der Waals surface area (Å²) in [7, 11) is 1.65. The molecule has 0 radical (unpaired) electrons. The molecule has 3 rings (SSSR count). The van der Waals surface area contributed by atoms with Crippen molar-refractivity contribution in [1.82, 2.24) is 10.6 Å². The van der Waals surface area contributed by atoms with Crippen molar-refractivity contribution in [3.63, 3.8) is 0 Å². The number of rotatable bonds is 8. The Labute approximate surface area is 195 Å².